The molecule has 0 radical (unpaired) electrons. The van der Waals surface area contributed by atoms with Gasteiger partial charge >= 0.3 is 5.97 Å². The predicted octanol–water partition coefficient (Wildman–Crippen LogP) is 2.65. The number of nitrogens with one attached hydrogen (secondary N) is 1. The van der Waals surface area contributed by atoms with Gasteiger partial charge in [0.05, 0.1) is 0 Å². The molecule has 0 saturated heterocycles. The maximum absolute atomic E-state index is 12.0. The molecule has 0 aliphatic heterocycles. The fourth-order valence-corrected chi connectivity index (χ4v) is 2.54. The Hall–Kier alpha value is -1.89. The van der Waals surface area contributed by atoms with E-state index < -0.39 is 0 Å². The number of ether oxygens (including phenoxy) is 1. The lowest BCUT2D eigenvalue weighted by Crippen LogP contribution is -2.30. The van der Waals surface area contributed by atoms with Crippen molar-refractivity contribution in [1.82, 2.24) is 10.2 Å². The first-order valence-electron chi connectivity index (χ1n) is 8.27. The Morgan fingerprint density at radius 3 is 2.56 bits per heavy atom. The zero-order chi connectivity index (χ0) is 18.7. The van der Waals surface area contributed by atoms with Crippen molar-refractivity contribution in [3.63, 3.8) is 0 Å². The molecule has 25 heavy (non-hydrogen) atoms. The minimum atomic E-state index is -0.373. The second-order valence-corrected chi connectivity index (χ2v) is 6.65. The van der Waals surface area contributed by atoms with Gasteiger partial charge in [-0.2, -0.15) is 0 Å². The molecule has 7 heteroatoms. The van der Waals surface area contributed by atoms with Crippen LogP contribution in [0.15, 0.2) is 28.7 Å². The molecule has 2 amide bonds. The number of carbonyl (C=O) groups is 3. The minimum absolute atomic E-state index is 0.0513. The summed E-state index contributed by atoms with van der Waals surface area (Å²) >= 11 is 3.44. The third-order valence-corrected chi connectivity index (χ3v) is 4.35. The van der Waals surface area contributed by atoms with E-state index in [2.05, 4.69) is 21.2 Å². The highest BCUT2D eigenvalue weighted by atomic mass is 79.9. The van der Waals surface area contributed by atoms with Crippen molar-refractivity contribution in [2.75, 3.05) is 20.2 Å². The largest absolute Gasteiger partial charge is 0.456 e. The van der Waals surface area contributed by atoms with E-state index in [1.165, 1.54) is 11.8 Å². The molecule has 0 aromatic heterocycles. The lowest BCUT2D eigenvalue weighted by atomic mass is 10.2. The van der Waals surface area contributed by atoms with Crippen molar-refractivity contribution >= 4 is 33.7 Å². The van der Waals surface area contributed by atoms with Crippen LogP contribution in [0.25, 0.3) is 0 Å². The molecule has 0 heterocycles. The van der Waals surface area contributed by atoms with Crippen LogP contribution in [0.4, 0.5) is 0 Å². The maximum atomic E-state index is 12.0. The Labute approximate surface area is 157 Å². The summed E-state index contributed by atoms with van der Waals surface area (Å²) in [6.07, 6.45) is 2.60. The molecule has 0 spiro atoms. The number of carbonyl (C=O) groups excluding carboxylic acids is 3. The summed E-state index contributed by atoms with van der Waals surface area (Å²) in [6, 6.07) is 7.66. The molecule has 1 aromatic carbocycles. The van der Waals surface area contributed by atoms with Gasteiger partial charge in [-0.25, -0.2) is 0 Å². The van der Waals surface area contributed by atoms with Crippen molar-refractivity contribution in [2.45, 2.75) is 39.2 Å². The minimum Gasteiger partial charge on any atom is -0.456 e. The SMILES string of the molecule is CC(=O)NCCCCCC(=O)OCC(=O)N(C)Cc1ccccc1Br. The lowest BCUT2D eigenvalue weighted by molar-refractivity contribution is -0.151. The third kappa shape index (κ3) is 9.24. The summed E-state index contributed by atoms with van der Waals surface area (Å²) in [5.74, 6) is -0.665. The standard InChI is InChI=1S/C18H25BrN2O4/c1-14(22)20-11-7-3-4-10-18(24)25-13-17(23)21(2)12-15-8-5-6-9-16(15)19/h5-6,8-9H,3-4,7,10-13H2,1-2H3,(H,20,22). The lowest BCUT2D eigenvalue weighted by Gasteiger charge is -2.18. The van der Waals surface area contributed by atoms with Crippen LogP contribution in [0, 0.1) is 0 Å². The first-order valence-corrected chi connectivity index (χ1v) is 9.07. The van der Waals surface area contributed by atoms with Crippen molar-refractivity contribution in [3.05, 3.63) is 34.3 Å². The molecule has 0 bridgehead atoms. The van der Waals surface area contributed by atoms with Crippen LogP contribution in [0.3, 0.4) is 0 Å². The Balaban J connectivity index is 2.19. The molecule has 0 saturated carbocycles. The topological polar surface area (TPSA) is 75.7 Å². The van der Waals surface area contributed by atoms with Gasteiger partial charge in [0.25, 0.3) is 5.91 Å². The molecule has 0 atom stereocenters. The molecule has 6 nitrogen and oxygen atoms in total. The zero-order valence-electron chi connectivity index (χ0n) is 14.7. The van der Waals surface area contributed by atoms with Gasteiger partial charge in [0.1, 0.15) is 0 Å². The van der Waals surface area contributed by atoms with Gasteiger partial charge in [-0.1, -0.05) is 40.5 Å². The van der Waals surface area contributed by atoms with E-state index >= 15 is 0 Å². The van der Waals surface area contributed by atoms with Crippen molar-refractivity contribution in [3.8, 4) is 0 Å². The second kappa shape index (κ2) is 11.6. The molecule has 138 valence electrons. The molecule has 0 aliphatic carbocycles. The smallest absolute Gasteiger partial charge is 0.306 e. The van der Waals surface area contributed by atoms with Gasteiger partial charge < -0.3 is 15.0 Å². The number of halogens is 1. The van der Waals surface area contributed by atoms with Crippen LogP contribution in [0.5, 0.6) is 0 Å². The van der Waals surface area contributed by atoms with Gasteiger partial charge in [0, 0.05) is 38.0 Å². The predicted molar refractivity (Wildman–Crippen MR) is 98.7 cm³/mol. The third-order valence-electron chi connectivity index (χ3n) is 3.58. The Morgan fingerprint density at radius 1 is 1.16 bits per heavy atom. The summed E-state index contributed by atoms with van der Waals surface area (Å²) in [6.45, 7) is 2.29. The first-order chi connectivity index (χ1) is 11.9. The van der Waals surface area contributed by atoms with Crippen molar-refractivity contribution in [1.29, 1.82) is 0 Å². The second-order valence-electron chi connectivity index (χ2n) is 5.80. The molecule has 0 fully saturated rings. The number of amides is 2. The van der Waals surface area contributed by atoms with E-state index in [0.717, 1.165) is 22.9 Å². The summed E-state index contributed by atoms with van der Waals surface area (Å²) < 4.78 is 5.96. The van der Waals surface area contributed by atoms with E-state index in [-0.39, 0.29) is 30.8 Å². The average Bonchev–Trinajstić information content (AvgIpc) is 2.57. The van der Waals surface area contributed by atoms with Crippen LogP contribution < -0.4 is 5.32 Å². The highest BCUT2D eigenvalue weighted by Crippen LogP contribution is 2.17. The number of benzene rings is 1. The van der Waals surface area contributed by atoms with Crippen LogP contribution in [-0.4, -0.2) is 42.9 Å². The summed E-state index contributed by atoms with van der Waals surface area (Å²) in [5.41, 5.74) is 0.990. The molecule has 0 aliphatic rings. The maximum Gasteiger partial charge on any atom is 0.306 e. The van der Waals surface area contributed by atoms with Gasteiger partial charge in [0.15, 0.2) is 6.61 Å². The van der Waals surface area contributed by atoms with Crippen LogP contribution in [-0.2, 0) is 25.7 Å². The fraction of sp³-hybridized carbons (Fsp3) is 0.500. The van der Waals surface area contributed by atoms with Gasteiger partial charge in [0.2, 0.25) is 5.91 Å². The number of rotatable bonds is 10. The number of hydrogen-bond donors (Lipinski definition) is 1. The van der Waals surface area contributed by atoms with Crippen LogP contribution in [0.2, 0.25) is 0 Å². The van der Waals surface area contributed by atoms with Crippen molar-refractivity contribution < 1.29 is 19.1 Å². The summed E-state index contributed by atoms with van der Waals surface area (Å²) in [7, 11) is 1.68. The number of hydrogen-bond acceptors (Lipinski definition) is 4. The number of likely N-dealkylation sites (N-methyl/N-ethyl adjacent to an activating group) is 1. The molecule has 1 aromatic rings. The van der Waals surface area contributed by atoms with E-state index in [4.69, 9.17) is 4.74 Å². The van der Waals surface area contributed by atoms with Crippen LogP contribution in [0.1, 0.15) is 38.2 Å². The molecule has 1 N–H and O–H groups in total. The quantitative estimate of drug-likeness (QED) is 0.473. The molecule has 1 rings (SSSR count). The number of esters is 1. The summed E-state index contributed by atoms with van der Waals surface area (Å²) in [5, 5.41) is 2.70. The monoisotopic (exact) mass is 412 g/mol. The van der Waals surface area contributed by atoms with Gasteiger partial charge in [-0.15, -0.1) is 0 Å². The van der Waals surface area contributed by atoms with E-state index in [1.54, 1.807) is 7.05 Å². The Kier molecular flexibility index (Phi) is 9.84. The van der Waals surface area contributed by atoms with E-state index in [0.29, 0.717) is 19.5 Å². The molecule has 0 unspecified atom stereocenters. The molecular weight excluding hydrogens is 388 g/mol. The number of unbranched alkanes of at least 4 members (excludes halogenated alkanes) is 2. The zero-order valence-corrected chi connectivity index (χ0v) is 16.3. The van der Waals surface area contributed by atoms with Crippen LogP contribution >= 0.6 is 15.9 Å². The molecular formula is C18H25BrN2O4. The van der Waals surface area contributed by atoms with Gasteiger partial charge in [-0.05, 0) is 24.5 Å². The fourth-order valence-electron chi connectivity index (χ4n) is 2.13. The number of nitrogens with zero attached hydrogens (tertiary/aromatic N) is 1. The van der Waals surface area contributed by atoms with E-state index in [9.17, 15) is 14.4 Å². The van der Waals surface area contributed by atoms with E-state index in [1.807, 2.05) is 24.3 Å². The highest BCUT2D eigenvalue weighted by Gasteiger charge is 2.13. The van der Waals surface area contributed by atoms with Crippen molar-refractivity contribution in [2.24, 2.45) is 0 Å². The normalized spacial score (nSPS) is 10.2. The Bertz CT molecular complexity index is 592. The highest BCUT2D eigenvalue weighted by molar-refractivity contribution is 9.10. The van der Waals surface area contributed by atoms with Gasteiger partial charge in [-0.3, -0.25) is 14.4 Å². The Morgan fingerprint density at radius 2 is 1.88 bits per heavy atom. The summed E-state index contributed by atoms with van der Waals surface area (Å²) in [4.78, 5) is 35.9. The first kappa shape index (κ1) is 21.2. The average molecular weight is 413 g/mol.